The van der Waals surface area contributed by atoms with Crippen molar-refractivity contribution in [2.45, 2.75) is 65.1 Å². The molecule has 2 aromatic rings. The summed E-state index contributed by atoms with van der Waals surface area (Å²) in [6.45, 7) is 9.05. The zero-order valence-corrected chi connectivity index (χ0v) is 20.1. The molecule has 2 amide bonds. The quantitative estimate of drug-likeness (QED) is 0.652. The van der Waals surface area contributed by atoms with Crippen molar-refractivity contribution in [3.63, 3.8) is 0 Å². The first-order chi connectivity index (χ1) is 15.5. The van der Waals surface area contributed by atoms with E-state index in [4.69, 9.17) is 4.74 Å². The van der Waals surface area contributed by atoms with Crippen molar-refractivity contribution in [1.29, 1.82) is 0 Å². The van der Waals surface area contributed by atoms with E-state index in [1.165, 1.54) is 11.1 Å². The smallest absolute Gasteiger partial charge is 0.326 e. The Hall–Kier alpha value is -3.15. The van der Waals surface area contributed by atoms with Crippen LogP contribution in [0, 0.1) is 5.92 Å². The minimum Gasteiger partial charge on any atom is -0.459 e. The van der Waals surface area contributed by atoms with Gasteiger partial charge in [-0.3, -0.25) is 14.4 Å². The molecule has 0 heterocycles. The number of rotatable bonds is 7. The number of carbonyl (C=O) groups excluding carboxylic acids is 3. The average Bonchev–Trinajstić information content (AvgIpc) is 3.18. The maximum atomic E-state index is 13.8. The van der Waals surface area contributed by atoms with E-state index in [-0.39, 0.29) is 30.3 Å². The molecule has 3 rings (SSSR count). The fourth-order valence-electron chi connectivity index (χ4n) is 4.16. The predicted octanol–water partition coefficient (Wildman–Crippen LogP) is 3.78. The molecule has 1 aliphatic rings. The molecule has 0 fully saturated rings. The Balaban J connectivity index is 1.84. The zero-order valence-electron chi connectivity index (χ0n) is 20.1. The molecule has 0 aliphatic heterocycles. The van der Waals surface area contributed by atoms with Gasteiger partial charge in [-0.25, -0.2) is 0 Å². The van der Waals surface area contributed by atoms with Gasteiger partial charge in [0.05, 0.1) is 0 Å². The van der Waals surface area contributed by atoms with Crippen LogP contribution in [0.25, 0.3) is 0 Å². The number of hydrogen-bond donors (Lipinski definition) is 1. The SMILES string of the molecule is CC(C)[C@H](NC(=O)c1ccccc1)C(=O)N(CC(=O)OC(C)(C)C)C1Cc2ccccc2C1. The van der Waals surface area contributed by atoms with Crippen LogP contribution >= 0.6 is 0 Å². The summed E-state index contributed by atoms with van der Waals surface area (Å²) in [5, 5.41) is 2.90. The van der Waals surface area contributed by atoms with E-state index in [2.05, 4.69) is 17.4 Å². The number of nitrogens with one attached hydrogen (secondary N) is 1. The fraction of sp³-hybridized carbons (Fsp3) is 0.444. The van der Waals surface area contributed by atoms with Crippen LogP contribution in [0.3, 0.4) is 0 Å². The minimum absolute atomic E-state index is 0.154. The Morgan fingerprint density at radius 1 is 0.970 bits per heavy atom. The van der Waals surface area contributed by atoms with Gasteiger partial charge in [-0.05, 0) is 62.8 Å². The first-order valence-corrected chi connectivity index (χ1v) is 11.5. The lowest BCUT2D eigenvalue weighted by molar-refractivity contribution is -0.160. The lowest BCUT2D eigenvalue weighted by Gasteiger charge is -2.34. The molecule has 33 heavy (non-hydrogen) atoms. The number of fused-ring (bicyclic) bond motifs is 1. The minimum atomic E-state index is -0.760. The van der Waals surface area contributed by atoms with Crippen molar-refractivity contribution in [2.75, 3.05) is 6.54 Å². The molecular formula is C27H34N2O4. The van der Waals surface area contributed by atoms with E-state index in [1.54, 1.807) is 49.9 Å². The van der Waals surface area contributed by atoms with Crippen LogP contribution in [0.4, 0.5) is 0 Å². The summed E-state index contributed by atoms with van der Waals surface area (Å²) >= 11 is 0. The van der Waals surface area contributed by atoms with Crippen molar-refractivity contribution >= 4 is 17.8 Å². The summed E-state index contributed by atoms with van der Waals surface area (Å²) < 4.78 is 5.53. The molecule has 176 valence electrons. The lowest BCUT2D eigenvalue weighted by Crippen LogP contribution is -2.55. The second kappa shape index (κ2) is 10.2. The van der Waals surface area contributed by atoms with Gasteiger partial charge in [0.1, 0.15) is 18.2 Å². The van der Waals surface area contributed by atoms with E-state index in [0.717, 1.165) is 0 Å². The standard InChI is InChI=1S/C27H34N2O4/c1-18(2)24(28-25(31)19-11-7-6-8-12-19)26(32)29(17-23(30)33-27(3,4)5)22-15-20-13-9-10-14-21(20)16-22/h6-14,18,22,24H,15-17H2,1-5H3,(H,28,31)/t24-/m0/s1. The van der Waals surface area contributed by atoms with E-state index in [0.29, 0.717) is 18.4 Å². The van der Waals surface area contributed by atoms with Crippen molar-refractivity contribution < 1.29 is 19.1 Å². The Morgan fingerprint density at radius 2 is 1.52 bits per heavy atom. The molecule has 0 spiro atoms. The Bertz CT molecular complexity index is 970. The topological polar surface area (TPSA) is 75.7 Å². The molecular weight excluding hydrogens is 416 g/mol. The number of amides is 2. The number of esters is 1. The van der Waals surface area contributed by atoms with Gasteiger partial charge in [0, 0.05) is 11.6 Å². The third-order valence-electron chi connectivity index (χ3n) is 5.73. The van der Waals surface area contributed by atoms with Crippen molar-refractivity contribution in [3.8, 4) is 0 Å². The highest BCUT2D eigenvalue weighted by molar-refractivity contribution is 5.98. The van der Waals surface area contributed by atoms with Gasteiger partial charge in [-0.2, -0.15) is 0 Å². The number of benzene rings is 2. The van der Waals surface area contributed by atoms with Crippen LogP contribution < -0.4 is 5.32 Å². The highest BCUT2D eigenvalue weighted by atomic mass is 16.6. The van der Waals surface area contributed by atoms with E-state index in [9.17, 15) is 14.4 Å². The molecule has 1 atom stereocenters. The van der Waals surface area contributed by atoms with E-state index >= 15 is 0 Å². The van der Waals surface area contributed by atoms with Gasteiger partial charge in [0.2, 0.25) is 5.91 Å². The molecule has 1 aliphatic carbocycles. The van der Waals surface area contributed by atoms with Gasteiger partial charge < -0.3 is 15.0 Å². The average molecular weight is 451 g/mol. The molecule has 0 saturated carbocycles. The third-order valence-corrected chi connectivity index (χ3v) is 5.73. The molecule has 6 nitrogen and oxygen atoms in total. The molecule has 0 radical (unpaired) electrons. The number of carbonyl (C=O) groups is 3. The van der Waals surface area contributed by atoms with Gasteiger partial charge in [-0.15, -0.1) is 0 Å². The molecule has 6 heteroatoms. The second-order valence-corrected chi connectivity index (χ2v) is 9.94. The molecule has 1 N–H and O–H groups in total. The maximum Gasteiger partial charge on any atom is 0.326 e. The summed E-state index contributed by atoms with van der Waals surface area (Å²) in [6, 6.07) is 16.0. The molecule has 0 bridgehead atoms. The summed E-state index contributed by atoms with van der Waals surface area (Å²) in [6.07, 6.45) is 1.34. The van der Waals surface area contributed by atoms with Crippen LogP contribution in [-0.4, -0.2) is 46.9 Å². The zero-order chi connectivity index (χ0) is 24.2. The van der Waals surface area contributed by atoms with Gasteiger partial charge in [0.15, 0.2) is 0 Å². The van der Waals surface area contributed by atoms with Crippen LogP contribution in [-0.2, 0) is 27.2 Å². The molecule has 0 unspecified atom stereocenters. The number of hydrogen-bond acceptors (Lipinski definition) is 4. The highest BCUT2D eigenvalue weighted by Crippen LogP contribution is 2.27. The summed E-state index contributed by atoms with van der Waals surface area (Å²) in [5.41, 5.74) is 2.20. The van der Waals surface area contributed by atoms with E-state index < -0.39 is 17.6 Å². The third kappa shape index (κ3) is 6.44. The van der Waals surface area contributed by atoms with Gasteiger partial charge in [-0.1, -0.05) is 56.3 Å². The maximum absolute atomic E-state index is 13.8. The summed E-state index contributed by atoms with van der Waals surface area (Å²) in [5.74, 6) is -1.19. The van der Waals surface area contributed by atoms with Gasteiger partial charge in [0.25, 0.3) is 5.91 Å². The summed E-state index contributed by atoms with van der Waals surface area (Å²) in [4.78, 5) is 41.0. The lowest BCUT2D eigenvalue weighted by atomic mass is 10.0. The van der Waals surface area contributed by atoms with Crippen LogP contribution in [0.2, 0.25) is 0 Å². The second-order valence-electron chi connectivity index (χ2n) is 9.94. The normalized spacial score (nSPS) is 14.5. The van der Waals surface area contributed by atoms with Crippen LogP contribution in [0.5, 0.6) is 0 Å². The molecule has 2 aromatic carbocycles. The Labute approximate surface area is 196 Å². The number of nitrogens with zero attached hydrogens (tertiary/aromatic N) is 1. The largest absolute Gasteiger partial charge is 0.459 e. The van der Waals surface area contributed by atoms with Crippen molar-refractivity contribution in [2.24, 2.45) is 5.92 Å². The number of ether oxygens (including phenoxy) is 1. The first kappa shape index (κ1) is 24.5. The van der Waals surface area contributed by atoms with Crippen LogP contribution in [0.15, 0.2) is 54.6 Å². The fourth-order valence-corrected chi connectivity index (χ4v) is 4.16. The first-order valence-electron chi connectivity index (χ1n) is 11.5. The molecule has 0 saturated heterocycles. The highest BCUT2D eigenvalue weighted by Gasteiger charge is 2.37. The monoisotopic (exact) mass is 450 g/mol. The Kier molecular flexibility index (Phi) is 7.57. The van der Waals surface area contributed by atoms with Crippen LogP contribution in [0.1, 0.15) is 56.1 Å². The summed E-state index contributed by atoms with van der Waals surface area (Å²) in [7, 11) is 0. The molecule has 0 aromatic heterocycles. The Morgan fingerprint density at radius 3 is 2.03 bits per heavy atom. The van der Waals surface area contributed by atoms with Crippen molar-refractivity contribution in [3.05, 3.63) is 71.3 Å². The van der Waals surface area contributed by atoms with E-state index in [1.807, 2.05) is 32.0 Å². The van der Waals surface area contributed by atoms with Gasteiger partial charge >= 0.3 is 5.97 Å². The predicted molar refractivity (Wildman–Crippen MR) is 128 cm³/mol. The van der Waals surface area contributed by atoms with Crippen molar-refractivity contribution in [1.82, 2.24) is 10.2 Å².